The second-order valence-corrected chi connectivity index (χ2v) is 5.40. The lowest BCUT2D eigenvalue weighted by atomic mass is 9.77. The number of allylic oxidation sites excluding steroid dienone is 1. The van der Waals surface area contributed by atoms with Gasteiger partial charge in [0.1, 0.15) is 0 Å². The van der Waals surface area contributed by atoms with E-state index in [4.69, 9.17) is 0 Å². The van der Waals surface area contributed by atoms with Gasteiger partial charge in [0.05, 0.1) is 0 Å². The van der Waals surface area contributed by atoms with E-state index in [1.807, 2.05) is 0 Å². The fourth-order valence-corrected chi connectivity index (χ4v) is 2.06. The lowest BCUT2D eigenvalue weighted by Gasteiger charge is -2.34. The largest absolute Gasteiger partial charge is 0.316 e. The minimum Gasteiger partial charge on any atom is -0.316 e. The summed E-state index contributed by atoms with van der Waals surface area (Å²) in [6, 6.07) is 0. The van der Waals surface area contributed by atoms with Crippen LogP contribution in [0.4, 0.5) is 0 Å². The van der Waals surface area contributed by atoms with Crippen molar-refractivity contribution in [2.45, 2.75) is 34.1 Å². The Kier molecular flexibility index (Phi) is 3.18. The van der Waals surface area contributed by atoms with E-state index in [-0.39, 0.29) is 0 Å². The molecule has 1 N–H and O–H groups in total. The minimum atomic E-state index is 0.380. The number of hydrogen-bond acceptors (Lipinski definition) is 1. The molecule has 0 saturated carbocycles. The molecule has 1 rings (SSSR count). The summed E-state index contributed by atoms with van der Waals surface area (Å²) in [4.78, 5) is 0. The Morgan fingerprint density at radius 1 is 1.38 bits per heavy atom. The van der Waals surface area contributed by atoms with Crippen LogP contribution in [0.2, 0.25) is 0 Å². The predicted molar refractivity (Wildman–Crippen MR) is 58.7 cm³/mol. The van der Waals surface area contributed by atoms with E-state index in [9.17, 15) is 0 Å². The van der Waals surface area contributed by atoms with Crippen LogP contribution in [0, 0.1) is 17.3 Å². The molecular formula is C12H23N. The van der Waals surface area contributed by atoms with Crippen molar-refractivity contribution in [2.75, 3.05) is 13.1 Å². The molecule has 0 radical (unpaired) electrons. The van der Waals surface area contributed by atoms with Gasteiger partial charge in [-0.05, 0) is 30.2 Å². The van der Waals surface area contributed by atoms with E-state index in [2.05, 4.69) is 39.6 Å². The number of nitrogens with one attached hydrogen (secondary N) is 1. The molecule has 0 bridgehead atoms. The highest BCUT2D eigenvalue weighted by molar-refractivity contribution is 5.05. The van der Waals surface area contributed by atoms with Crippen molar-refractivity contribution in [2.24, 2.45) is 17.3 Å². The average molecular weight is 181 g/mol. The zero-order chi connectivity index (χ0) is 10.1. The van der Waals surface area contributed by atoms with Crippen LogP contribution >= 0.6 is 0 Å². The summed E-state index contributed by atoms with van der Waals surface area (Å²) in [6.07, 6.45) is 1.16. The smallest absolute Gasteiger partial charge is 0.000570 e. The van der Waals surface area contributed by atoms with E-state index in [1.54, 1.807) is 0 Å². The SMILES string of the molecule is C=C1CC(C)(C)CNCC(C)C1C. The van der Waals surface area contributed by atoms with E-state index < -0.39 is 0 Å². The highest BCUT2D eigenvalue weighted by Gasteiger charge is 2.26. The molecule has 1 aliphatic rings. The molecular weight excluding hydrogens is 158 g/mol. The molecule has 0 aliphatic carbocycles. The van der Waals surface area contributed by atoms with Crippen LogP contribution in [0.3, 0.4) is 0 Å². The second kappa shape index (κ2) is 3.83. The molecule has 0 aromatic rings. The maximum atomic E-state index is 4.22. The molecule has 0 aromatic heterocycles. The third-order valence-electron chi connectivity index (χ3n) is 3.27. The molecule has 1 aliphatic heterocycles. The summed E-state index contributed by atoms with van der Waals surface area (Å²) in [5, 5.41) is 3.54. The van der Waals surface area contributed by atoms with Gasteiger partial charge in [-0.15, -0.1) is 0 Å². The van der Waals surface area contributed by atoms with Crippen molar-refractivity contribution < 1.29 is 0 Å². The maximum Gasteiger partial charge on any atom is 0.000570 e. The van der Waals surface area contributed by atoms with Crippen LogP contribution < -0.4 is 5.32 Å². The normalized spacial score (nSPS) is 35.2. The van der Waals surface area contributed by atoms with Crippen molar-refractivity contribution in [1.29, 1.82) is 0 Å². The van der Waals surface area contributed by atoms with Crippen molar-refractivity contribution in [3.05, 3.63) is 12.2 Å². The van der Waals surface area contributed by atoms with Crippen LogP contribution in [0.15, 0.2) is 12.2 Å². The summed E-state index contributed by atoms with van der Waals surface area (Å²) in [7, 11) is 0. The standard InChI is InChI=1S/C12H23N/c1-9-6-12(4,5)8-13-7-10(2)11(9)3/h10-11,13H,1,6-8H2,2-5H3. The third kappa shape index (κ3) is 2.84. The Balaban J connectivity index is 2.68. The van der Waals surface area contributed by atoms with E-state index in [0.29, 0.717) is 11.3 Å². The summed E-state index contributed by atoms with van der Waals surface area (Å²) >= 11 is 0. The average Bonchev–Trinajstić information content (AvgIpc) is 2.00. The van der Waals surface area contributed by atoms with Crippen LogP contribution in [-0.4, -0.2) is 13.1 Å². The number of hydrogen-bond donors (Lipinski definition) is 1. The predicted octanol–water partition coefficient (Wildman–Crippen LogP) is 2.83. The van der Waals surface area contributed by atoms with Gasteiger partial charge in [0, 0.05) is 6.54 Å². The van der Waals surface area contributed by atoms with Crippen LogP contribution in [0.5, 0.6) is 0 Å². The van der Waals surface area contributed by atoms with Gasteiger partial charge in [0.25, 0.3) is 0 Å². The molecule has 0 aromatic carbocycles. The van der Waals surface area contributed by atoms with Gasteiger partial charge in [-0.2, -0.15) is 0 Å². The zero-order valence-corrected chi connectivity index (χ0v) is 9.48. The molecule has 13 heavy (non-hydrogen) atoms. The molecule has 1 heterocycles. The van der Waals surface area contributed by atoms with E-state index in [1.165, 1.54) is 5.57 Å². The fourth-order valence-electron chi connectivity index (χ4n) is 2.06. The van der Waals surface area contributed by atoms with Gasteiger partial charge in [-0.1, -0.05) is 39.8 Å². The number of rotatable bonds is 0. The molecule has 2 unspecified atom stereocenters. The van der Waals surface area contributed by atoms with Crippen molar-refractivity contribution in [3.8, 4) is 0 Å². The van der Waals surface area contributed by atoms with Gasteiger partial charge < -0.3 is 5.32 Å². The van der Waals surface area contributed by atoms with Crippen LogP contribution in [0.1, 0.15) is 34.1 Å². The van der Waals surface area contributed by atoms with Gasteiger partial charge in [0.2, 0.25) is 0 Å². The summed E-state index contributed by atoms with van der Waals surface area (Å²) in [6.45, 7) is 15.7. The van der Waals surface area contributed by atoms with Gasteiger partial charge in [-0.3, -0.25) is 0 Å². The Bertz CT molecular complexity index is 193. The third-order valence-corrected chi connectivity index (χ3v) is 3.27. The Morgan fingerprint density at radius 3 is 2.62 bits per heavy atom. The lowest BCUT2D eigenvalue weighted by molar-refractivity contribution is 0.269. The minimum absolute atomic E-state index is 0.380. The van der Waals surface area contributed by atoms with E-state index in [0.717, 1.165) is 25.4 Å². The summed E-state index contributed by atoms with van der Waals surface area (Å²) in [5.74, 6) is 1.38. The quantitative estimate of drug-likeness (QED) is 0.567. The monoisotopic (exact) mass is 181 g/mol. The van der Waals surface area contributed by atoms with Crippen LogP contribution in [0.25, 0.3) is 0 Å². The molecule has 0 spiro atoms. The summed E-state index contributed by atoms with van der Waals surface area (Å²) < 4.78 is 0. The van der Waals surface area contributed by atoms with Crippen molar-refractivity contribution in [3.63, 3.8) is 0 Å². The first-order chi connectivity index (χ1) is 5.92. The Labute approximate surface area is 82.6 Å². The topological polar surface area (TPSA) is 12.0 Å². The first-order valence-corrected chi connectivity index (χ1v) is 5.31. The highest BCUT2D eigenvalue weighted by Crippen LogP contribution is 2.32. The molecule has 1 fully saturated rings. The Morgan fingerprint density at radius 2 is 2.00 bits per heavy atom. The first-order valence-electron chi connectivity index (χ1n) is 5.31. The van der Waals surface area contributed by atoms with E-state index >= 15 is 0 Å². The second-order valence-electron chi connectivity index (χ2n) is 5.40. The Hall–Kier alpha value is -0.300. The molecule has 76 valence electrons. The molecule has 1 saturated heterocycles. The first kappa shape index (κ1) is 10.8. The fraction of sp³-hybridized carbons (Fsp3) is 0.833. The molecule has 1 heteroatoms. The summed E-state index contributed by atoms with van der Waals surface area (Å²) in [5.41, 5.74) is 1.81. The van der Waals surface area contributed by atoms with Crippen molar-refractivity contribution in [1.82, 2.24) is 5.32 Å². The lowest BCUT2D eigenvalue weighted by Crippen LogP contribution is -2.37. The van der Waals surface area contributed by atoms with Gasteiger partial charge in [-0.25, -0.2) is 0 Å². The van der Waals surface area contributed by atoms with Gasteiger partial charge in [0.15, 0.2) is 0 Å². The van der Waals surface area contributed by atoms with Gasteiger partial charge >= 0.3 is 0 Å². The molecule has 0 amide bonds. The van der Waals surface area contributed by atoms with Crippen LogP contribution in [-0.2, 0) is 0 Å². The molecule has 1 nitrogen and oxygen atoms in total. The molecule has 2 atom stereocenters. The maximum absolute atomic E-state index is 4.22. The zero-order valence-electron chi connectivity index (χ0n) is 9.48. The highest BCUT2D eigenvalue weighted by atomic mass is 14.9. The van der Waals surface area contributed by atoms with Crippen molar-refractivity contribution >= 4 is 0 Å².